The third-order valence-corrected chi connectivity index (χ3v) is 5.93. The number of benzene rings is 4. The first kappa shape index (κ1) is 18.1. The van der Waals surface area contributed by atoms with Gasteiger partial charge in [-0.05, 0) is 36.4 Å². The molecule has 150 valence electrons. The molecule has 0 fully saturated rings. The molecule has 5 nitrogen and oxygen atoms in total. The maximum atomic E-state index is 13.6. The fourth-order valence-corrected chi connectivity index (χ4v) is 4.55. The number of nitrogens with zero attached hydrogens (tertiary/aromatic N) is 3. The summed E-state index contributed by atoms with van der Waals surface area (Å²) in [6.45, 7) is 7.44. The molecule has 0 N–H and O–H groups in total. The predicted molar refractivity (Wildman–Crippen MR) is 125 cm³/mol. The van der Waals surface area contributed by atoms with Crippen molar-refractivity contribution in [1.82, 2.24) is 4.57 Å². The van der Waals surface area contributed by atoms with Crippen molar-refractivity contribution in [3.8, 4) is 5.69 Å². The van der Waals surface area contributed by atoms with Gasteiger partial charge in [0.15, 0.2) is 5.69 Å². The Hall–Kier alpha value is -4.69. The highest BCUT2D eigenvalue weighted by atomic mass is 16.2. The molecule has 0 spiro atoms. The van der Waals surface area contributed by atoms with E-state index in [9.17, 15) is 9.59 Å². The molecule has 2 amide bonds. The molecule has 1 aliphatic heterocycles. The lowest BCUT2D eigenvalue weighted by Crippen LogP contribution is -2.29. The van der Waals surface area contributed by atoms with Crippen molar-refractivity contribution in [2.75, 3.05) is 4.90 Å². The zero-order valence-electron chi connectivity index (χ0n) is 16.8. The molecular weight excluding hydrogens is 398 g/mol. The third kappa shape index (κ3) is 2.38. The van der Waals surface area contributed by atoms with Gasteiger partial charge in [-0.1, -0.05) is 54.6 Å². The van der Waals surface area contributed by atoms with Crippen LogP contribution in [0.4, 0.5) is 11.4 Å². The molecule has 0 unspecified atom stereocenters. The van der Waals surface area contributed by atoms with Crippen LogP contribution in [0.15, 0.2) is 91.0 Å². The molecule has 6 rings (SSSR count). The number of fused-ring (bicyclic) bond motifs is 4. The molecule has 2 heterocycles. The second-order valence-electron chi connectivity index (χ2n) is 7.65. The molecule has 0 atom stereocenters. The molecule has 1 aromatic heterocycles. The summed E-state index contributed by atoms with van der Waals surface area (Å²) in [5, 5.41) is 2.01. The van der Waals surface area contributed by atoms with Crippen molar-refractivity contribution in [3.63, 3.8) is 0 Å². The first-order chi connectivity index (χ1) is 15.7. The van der Waals surface area contributed by atoms with E-state index in [4.69, 9.17) is 6.57 Å². The highest BCUT2D eigenvalue weighted by molar-refractivity contribution is 6.35. The van der Waals surface area contributed by atoms with Crippen molar-refractivity contribution in [1.29, 1.82) is 0 Å². The monoisotopic (exact) mass is 413 g/mol. The summed E-state index contributed by atoms with van der Waals surface area (Å²) < 4.78 is 1.98. The lowest BCUT2D eigenvalue weighted by atomic mass is 10.1. The Balaban J connectivity index is 1.68. The Morgan fingerprint density at radius 1 is 0.688 bits per heavy atom. The van der Waals surface area contributed by atoms with Gasteiger partial charge >= 0.3 is 0 Å². The van der Waals surface area contributed by atoms with Crippen molar-refractivity contribution in [3.05, 3.63) is 114 Å². The molecule has 5 heteroatoms. The second kappa shape index (κ2) is 6.66. The summed E-state index contributed by atoms with van der Waals surface area (Å²) in [5.41, 5.74) is 4.18. The number of rotatable bonds is 2. The highest BCUT2D eigenvalue weighted by Crippen LogP contribution is 2.38. The molecule has 0 saturated heterocycles. The van der Waals surface area contributed by atoms with Crippen LogP contribution in [-0.2, 0) is 0 Å². The van der Waals surface area contributed by atoms with E-state index < -0.39 is 0 Å². The molecule has 0 aliphatic carbocycles. The zero-order valence-corrected chi connectivity index (χ0v) is 16.8. The van der Waals surface area contributed by atoms with E-state index >= 15 is 0 Å². The summed E-state index contributed by atoms with van der Waals surface area (Å²) in [5.74, 6) is -0.681. The van der Waals surface area contributed by atoms with Crippen molar-refractivity contribution in [2.45, 2.75) is 0 Å². The van der Waals surface area contributed by atoms with Crippen molar-refractivity contribution >= 4 is 45.0 Å². The van der Waals surface area contributed by atoms with Gasteiger partial charge in [0.25, 0.3) is 11.8 Å². The summed E-state index contributed by atoms with van der Waals surface area (Å²) >= 11 is 0. The molecule has 4 aromatic carbocycles. The average Bonchev–Trinajstić information content (AvgIpc) is 3.30. The minimum Gasteiger partial charge on any atom is -0.310 e. The minimum absolute atomic E-state index is 0.333. The molecule has 5 aromatic rings. The normalized spacial score (nSPS) is 13.0. The number of carbonyl (C=O) groups excluding carboxylic acids is 2. The number of hydrogen-bond donors (Lipinski definition) is 0. The van der Waals surface area contributed by atoms with Crippen molar-refractivity contribution in [2.24, 2.45) is 0 Å². The SMILES string of the molecule is [C-]#[N+]c1ccc2c3ccccc3n(-c3cccc4c3C(=O)N(c3ccccc3)C4=O)c2c1. The smallest absolute Gasteiger partial charge is 0.268 e. The van der Waals surface area contributed by atoms with Crippen molar-refractivity contribution < 1.29 is 9.59 Å². The topological polar surface area (TPSA) is 46.7 Å². The lowest BCUT2D eigenvalue weighted by Gasteiger charge is -2.14. The van der Waals surface area contributed by atoms with E-state index in [-0.39, 0.29) is 11.8 Å². The Morgan fingerprint density at radius 3 is 2.25 bits per heavy atom. The number of anilines is 1. The first-order valence-corrected chi connectivity index (χ1v) is 10.2. The van der Waals surface area contributed by atoms with Gasteiger partial charge < -0.3 is 4.57 Å². The summed E-state index contributed by atoms with van der Waals surface area (Å²) in [4.78, 5) is 31.6. The van der Waals surface area contributed by atoms with Crippen LogP contribution in [0, 0.1) is 6.57 Å². The number of imide groups is 1. The Kier molecular flexibility index (Phi) is 3.77. The molecule has 32 heavy (non-hydrogen) atoms. The lowest BCUT2D eigenvalue weighted by molar-refractivity contribution is 0.0926. The fourth-order valence-electron chi connectivity index (χ4n) is 4.55. The molecular formula is C27H15N3O2. The van der Waals surface area contributed by atoms with E-state index in [1.165, 1.54) is 4.90 Å². The van der Waals surface area contributed by atoms with Crippen LogP contribution in [0.5, 0.6) is 0 Å². The van der Waals surface area contributed by atoms with E-state index in [0.29, 0.717) is 28.2 Å². The highest BCUT2D eigenvalue weighted by Gasteiger charge is 2.39. The second-order valence-corrected chi connectivity index (χ2v) is 7.65. The Morgan fingerprint density at radius 2 is 1.44 bits per heavy atom. The molecule has 0 radical (unpaired) electrons. The standard InChI is InChI=1S/C27H15N3O2/c1-28-17-14-15-20-19-10-5-6-12-22(19)30(24(20)16-17)23-13-7-11-21-25(23)27(32)29(26(21)31)18-8-3-2-4-9-18/h2-16H. The maximum absolute atomic E-state index is 13.6. The maximum Gasteiger partial charge on any atom is 0.268 e. The fraction of sp³-hybridized carbons (Fsp3) is 0. The van der Waals surface area contributed by atoms with E-state index in [2.05, 4.69) is 4.85 Å². The number of aromatic nitrogens is 1. The number of carbonyl (C=O) groups is 2. The van der Waals surface area contributed by atoms with Crippen LogP contribution < -0.4 is 4.90 Å². The van der Waals surface area contributed by atoms with Gasteiger partial charge in [0, 0.05) is 16.3 Å². The summed E-state index contributed by atoms with van der Waals surface area (Å²) in [6, 6.07) is 27.8. The average molecular weight is 413 g/mol. The summed E-state index contributed by atoms with van der Waals surface area (Å²) in [7, 11) is 0. The van der Waals surface area contributed by atoms with Crippen LogP contribution in [0.3, 0.4) is 0 Å². The number of amides is 2. The van der Waals surface area contributed by atoms with Crippen LogP contribution >= 0.6 is 0 Å². The predicted octanol–water partition coefficient (Wildman–Crippen LogP) is 6.14. The third-order valence-electron chi connectivity index (χ3n) is 5.93. The van der Waals surface area contributed by atoms with Gasteiger partial charge in [0.05, 0.1) is 34.6 Å². The Labute approximate surface area is 183 Å². The Bertz CT molecular complexity index is 1620. The minimum atomic E-state index is -0.348. The number of hydrogen-bond acceptors (Lipinski definition) is 2. The van der Waals surface area contributed by atoms with Gasteiger partial charge in [-0.3, -0.25) is 9.59 Å². The van der Waals surface area contributed by atoms with Gasteiger partial charge in [0.1, 0.15) is 0 Å². The van der Waals surface area contributed by atoms with Crippen LogP contribution in [0.2, 0.25) is 0 Å². The summed E-state index contributed by atoms with van der Waals surface area (Å²) in [6.07, 6.45) is 0. The number of para-hydroxylation sites is 2. The first-order valence-electron chi connectivity index (χ1n) is 10.2. The van der Waals surface area contributed by atoms with Gasteiger partial charge in [-0.15, -0.1) is 0 Å². The van der Waals surface area contributed by atoms with E-state index in [0.717, 1.165) is 21.8 Å². The van der Waals surface area contributed by atoms with Crippen LogP contribution in [-0.4, -0.2) is 16.4 Å². The molecule has 1 aliphatic rings. The van der Waals surface area contributed by atoms with Gasteiger partial charge in [-0.25, -0.2) is 9.74 Å². The molecule has 0 bridgehead atoms. The van der Waals surface area contributed by atoms with Crippen LogP contribution in [0.1, 0.15) is 20.7 Å². The van der Waals surface area contributed by atoms with E-state index in [1.54, 1.807) is 42.5 Å². The largest absolute Gasteiger partial charge is 0.310 e. The van der Waals surface area contributed by atoms with Gasteiger partial charge in [0.2, 0.25) is 0 Å². The van der Waals surface area contributed by atoms with E-state index in [1.807, 2.05) is 53.1 Å². The van der Waals surface area contributed by atoms with Crippen LogP contribution in [0.25, 0.3) is 32.3 Å². The quantitative estimate of drug-likeness (QED) is 0.258. The van der Waals surface area contributed by atoms with Gasteiger partial charge in [-0.2, -0.15) is 0 Å². The zero-order chi connectivity index (χ0) is 21.8. The molecule has 0 saturated carbocycles.